The number of carbonyl (C=O) groups is 2. The number of pyridine rings is 1. The predicted octanol–water partition coefficient (Wildman–Crippen LogP) is 4.00. The molecule has 0 saturated heterocycles. The van der Waals surface area contributed by atoms with Gasteiger partial charge < -0.3 is 4.90 Å². The average molecular weight is 336 g/mol. The van der Waals surface area contributed by atoms with Crippen LogP contribution in [0.4, 0.5) is 0 Å². The number of rotatable bonds is 9. The fourth-order valence-corrected chi connectivity index (χ4v) is 2.55. The first-order valence-corrected chi connectivity index (χ1v) is 8.66. The Kier molecular flexibility index (Phi) is 7.57. The van der Waals surface area contributed by atoms with E-state index in [0.717, 1.165) is 12.0 Å². The fraction of sp³-hybridized carbons (Fsp3) is 0.286. The van der Waals surface area contributed by atoms with Crippen LogP contribution in [-0.2, 0) is 4.79 Å². The first-order chi connectivity index (χ1) is 12.2. The zero-order valence-electron chi connectivity index (χ0n) is 14.6. The number of benzene rings is 1. The molecule has 0 aliphatic carbocycles. The zero-order valence-corrected chi connectivity index (χ0v) is 14.6. The molecule has 0 aliphatic heterocycles. The monoisotopic (exact) mass is 336 g/mol. The summed E-state index contributed by atoms with van der Waals surface area (Å²) in [7, 11) is 0. The van der Waals surface area contributed by atoms with E-state index in [0.29, 0.717) is 31.5 Å². The van der Waals surface area contributed by atoms with E-state index in [9.17, 15) is 9.59 Å². The van der Waals surface area contributed by atoms with Gasteiger partial charge in [-0.15, -0.1) is 0 Å². The summed E-state index contributed by atoms with van der Waals surface area (Å²) >= 11 is 0. The lowest BCUT2D eigenvalue weighted by Crippen LogP contribution is -2.31. The van der Waals surface area contributed by atoms with Crippen molar-refractivity contribution in [3.05, 3.63) is 72.1 Å². The fourth-order valence-electron chi connectivity index (χ4n) is 2.55. The Morgan fingerprint density at radius 3 is 2.44 bits per heavy atom. The lowest BCUT2D eigenvalue weighted by atomic mass is 10.1. The number of aromatic nitrogens is 1. The molecule has 130 valence electrons. The average Bonchev–Trinajstić information content (AvgIpc) is 2.67. The van der Waals surface area contributed by atoms with Crippen molar-refractivity contribution < 1.29 is 9.59 Å². The maximum absolute atomic E-state index is 12.4. The number of amides is 1. The van der Waals surface area contributed by atoms with Crippen LogP contribution in [0.2, 0.25) is 0 Å². The first kappa shape index (κ1) is 18.6. The Morgan fingerprint density at radius 2 is 1.76 bits per heavy atom. The van der Waals surface area contributed by atoms with Crippen LogP contribution in [0.5, 0.6) is 0 Å². The van der Waals surface area contributed by atoms with Crippen LogP contribution in [0.25, 0.3) is 6.08 Å². The molecular weight excluding hydrogens is 312 g/mol. The van der Waals surface area contributed by atoms with E-state index < -0.39 is 0 Å². The molecule has 0 bridgehead atoms. The van der Waals surface area contributed by atoms with Crippen molar-refractivity contribution in [1.29, 1.82) is 0 Å². The lowest BCUT2D eigenvalue weighted by molar-refractivity contribution is -0.126. The van der Waals surface area contributed by atoms with Gasteiger partial charge in [-0.05, 0) is 36.6 Å². The van der Waals surface area contributed by atoms with Crippen LogP contribution in [-0.4, -0.2) is 34.7 Å². The molecule has 4 heteroatoms. The summed E-state index contributed by atoms with van der Waals surface area (Å²) in [5.74, 6) is 0.0770. The summed E-state index contributed by atoms with van der Waals surface area (Å²) in [4.78, 5) is 30.2. The highest BCUT2D eigenvalue weighted by Gasteiger charge is 2.11. The molecule has 25 heavy (non-hydrogen) atoms. The van der Waals surface area contributed by atoms with Crippen molar-refractivity contribution in [1.82, 2.24) is 9.88 Å². The third kappa shape index (κ3) is 6.34. The minimum atomic E-state index is -0.0120. The van der Waals surface area contributed by atoms with Gasteiger partial charge in [0.05, 0.1) is 0 Å². The molecule has 0 radical (unpaired) electrons. The standard InChI is InChI=1S/C21H24N2O2/c1-2-16-23(21(25)11-10-18-7-4-3-5-8-18)17-6-9-20(24)19-12-14-22-15-13-19/h3-5,7-8,10-15H,2,6,9,16-17H2,1H3. The van der Waals surface area contributed by atoms with Crippen molar-refractivity contribution in [2.45, 2.75) is 26.2 Å². The van der Waals surface area contributed by atoms with Gasteiger partial charge in [-0.3, -0.25) is 14.6 Å². The molecule has 1 heterocycles. The topological polar surface area (TPSA) is 50.3 Å². The van der Waals surface area contributed by atoms with Crippen LogP contribution in [0.3, 0.4) is 0 Å². The molecule has 2 aromatic rings. The summed E-state index contributed by atoms with van der Waals surface area (Å²) in [6.07, 6.45) is 8.65. The summed E-state index contributed by atoms with van der Waals surface area (Å²) < 4.78 is 0. The molecule has 1 amide bonds. The highest BCUT2D eigenvalue weighted by molar-refractivity contribution is 5.96. The lowest BCUT2D eigenvalue weighted by Gasteiger charge is -2.20. The van der Waals surface area contributed by atoms with E-state index in [2.05, 4.69) is 4.98 Å². The van der Waals surface area contributed by atoms with Gasteiger partial charge in [0, 0.05) is 43.5 Å². The molecule has 0 atom stereocenters. The SMILES string of the molecule is CCCN(CCCC(=O)c1ccncc1)C(=O)C=Cc1ccccc1. The molecular formula is C21H24N2O2. The number of hydrogen-bond donors (Lipinski definition) is 0. The van der Waals surface area contributed by atoms with Gasteiger partial charge in [-0.1, -0.05) is 37.3 Å². The molecule has 2 rings (SSSR count). The number of Topliss-reactive ketones (excluding diaryl/α,β-unsaturated/α-hetero) is 1. The second kappa shape index (κ2) is 10.2. The smallest absolute Gasteiger partial charge is 0.246 e. The number of nitrogens with zero attached hydrogens (tertiary/aromatic N) is 2. The van der Waals surface area contributed by atoms with Gasteiger partial charge >= 0.3 is 0 Å². The van der Waals surface area contributed by atoms with E-state index in [-0.39, 0.29) is 11.7 Å². The number of carbonyl (C=O) groups excluding carboxylic acids is 2. The van der Waals surface area contributed by atoms with Gasteiger partial charge in [-0.25, -0.2) is 0 Å². The highest BCUT2D eigenvalue weighted by Crippen LogP contribution is 2.07. The van der Waals surface area contributed by atoms with E-state index in [1.54, 1.807) is 35.5 Å². The minimum absolute atomic E-state index is 0.0120. The van der Waals surface area contributed by atoms with Crippen molar-refractivity contribution >= 4 is 17.8 Å². The molecule has 0 unspecified atom stereocenters. The quantitative estimate of drug-likeness (QED) is 0.514. The van der Waals surface area contributed by atoms with Crippen LogP contribution in [0.15, 0.2) is 60.9 Å². The van der Waals surface area contributed by atoms with Crippen molar-refractivity contribution in [3.63, 3.8) is 0 Å². The Labute approximate surface area is 149 Å². The zero-order chi connectivity index (χ0) is 17.9. The number of ketones is 1. The molecule has 0 saturated carbocycles. The summed E-state index contributed by atoms with van der Waals surface area (Å²) in [5, 5.41) is 0. The minimum Gasteiger partial charge on any atom is -0.339 e. The molecule has 1 aromatic heterocycles. The second-order valence-corrected chi connectivity index (χ2v) is 5.83. The van der Waals surface area contributed by atoms with Crippen LogP contribution < -0.4 is 0 Å². The molecule has 4 nitrogen and oxygen atoms in total. The van der Waals surface area contributed by atoms with Gasteiger partial charge in [0.1, 0.15) is 0 Å². The third-order valence-corrected chi connectivity index (χ3v) is 3.86. The van der Waals surface area contributed by atoms with Gasteiger partial charge in [-0.2, -0.15) is 0 Å². The molecule has 0 spiro atoms. The second-order valence-electron chi connectivity index (χ2n) is 5.83. The summed E-state index contributed by atoms with van der Waals surface area (Å²) in [5.41, 5.74) is 1.67. The van der Waals surface area contributed by atoms with Gasteiger partial charge in [0.25, 0.3) is 0 Å². The largest absolute Gasteiger partial charge is 0.339 e. The van der Waals surface area contributed by atoms with Crippen molar-refractivity contribution in [2.75, 3.05) is 13.1 Å². The number of hydrogen-bond acceptors (Lipinski definition) is 3. The first-order valence-electron chi connectivity index (χ1n) is 8.66. The maximum Gasteiger partial charge on any atom is 0.246 e. The van der Waals surface area contributed by atoms with Crippen molar-refractivity contribution in [2.24, 2.45) is 0 Å². The summed E-state index contributed by atoms with van der Waals surface area (Å²) in [6, 6.07) is 13.2. The molecule has 1 aromatic carbocycles. The summed E-state index contributed by atoms with van der Waals surface area (Å²) in [6.45, 7) is 3.33. The molecule has 0 fully saturated rings. The van der Waals surface area contributed by atoms with Crippen LogP contribution in [0, 0.1) is 0 Å². The molecule has 0 N–H and O–H groups in total. The van der Waals surface area contributed by atoms with E-state index in [4.69, 9.17) is 0 Å². The van der Waals surface area contributed by atoms with Gasteiger partial charge in [0.15, 0.2) is 5.78 Å². The maximum atomic E-state index is 12.4. The van der Waals surface area contributed by atoms with E-state index in [1.165, 1.54) is 0 Å². The highest BCUT2D eigenvalue weighted by atomic mass is 16.2. The Morgan fingerprint density at radius 1 is 1.04 bits per heavy atom. The Hall–Kier alpha value is -2.75. The van der Waals surface area contributed by atoms with Crippen molar-refractivity contribution in [3.8, 4) is 0 Å². The van der Waals surface area contributed by atoms with E-state index in [1.807, 2.05) is 43.3 Å². The van der Waals surface area contributed by atoms with E-state index >= 15 is 0 Å². The van der Waals surface area contributed by atoms with Gasteiger partial charge in [0.2, 0.25) is 5.91 Å². The van der Waals surface area contributed by atoms with Crippen LogP contribution in [0.1, 0.15) is 42.1 Å². The molecule has 0 aliphatic rings. The normalized spacial score (nSPS) is 10.8. The van der Waals surface area contributed by atoms with Crippen LogP contribution >= 0.6 is 0 Å². The third-order valence-electron chi connectivity index (χ3n) is 3.86. The predicted molar refractivity (Wildman–Crippen MR) is 100 cm³/mol. The Balaban J connectivity index is 1.86. The Bertz CT molecular complexity index is 696.